The molecule has 0 aliphatic heterocycles. The van der Waals surface area contributed by atoms with Crippen LogP contribution in [-0.2, 0) is 19.5 Å². The van der Waals surface area contributed by atoms with E-state index in [1.807, 2.05) is 0 Å². The number of hydrogen-bond donors (Lipinski definition) is 2. The van der Waals surface area contributed by atoms with Crippen LogP contribution >= 0.6 is 12.6 Å². The Kier molecular flexibility index (Phi) is 99.6. The van der Waals surface area contributed by atoms with Crippen LogP contribution in [0.1, 0.15) is 13.8 Å². The molecule has 0 unspecified atom stereocenters. The van der Waals surface area contributed by atoms with Crippen LogP contribution in [0.2, 0.25) is 0 Å². The second kappa shape index (κ2) is 39.5. The van der Waals surface area contributed by atoms with E-state index in [4.69, 9.17) is 4.79 Å². The zero-order valence-corrected chi connectivity index (χ0v) is 9.92. The monoisotopic (exact) mass is 199 g/mol. The Labute approximate surface area is 75.8 Å². The molecule has 0 aliphatic rings. The van der Waals surface area contributed by atoms with Gasteiger partial charge in [-0.2, -0.15) is 13.8 Å². The van der Waals surface area contributed by atoms with Crippen LogP contribution in [0.3, 0.4) is 0 Å². The van der Waals surface area contributed by atoms with Crippen LogP contribution in [0.25, 0.3) is 0 Å². The van der Waals surface area contributed by atoms with Crippen molar-refractivity contribution < 1.29 is 24.3 Å². The van der Waals surface area contributed by atoms with E-state index in [2.05, 4.69) is 32.2 Å². The second-order valence-electron chi connectivity index (χ2n) is 0.338. The van der Waals surface area contributed by atoms with E-state index in [0.29, 0.717) is 0 Å². The molecule has 0 aliphatic carbocycles. The van der Waals surface area contributed by atoms with Gasteiger partial charge in [0.15, 0.2) is 0 Å². The van der Waals surface area contributed by atoms with Crippen LogP contribution < -0.4 is 5.73 Å². The average molecular weight is 201 g/mol. The Balaban J connectivity index is -0.0000000221. The topological polar surface area (TPSA) is 43.1 Å². The quantitative estimate of drug-likeness (QED) is 0.349. The third kappa shape index (κ3) is 1780. The molecule has 0 rings (SSSR count). The largest absolute Gasteiger partial charge is 2.00 e. The van der Waals surface area contributed by atoms with Crippen molar-refractivity contribution in [3.05, 3.63) is 13.8 Å². The van der Waals surface area contributed by atoms with Gasteiger partial charge in [-0.05, 0) is 0 Å². The van der Waals surface area contributed by atoms with Crippen molar-refractivity contribution in [2.24, 2.45) is 5.73 Å². The van der Waals surface area contributed by atoms with Crippen molar-refractivity contribution >= 4 is 17.9 Å². The van der Waals surface area contributed by atoms with Crippen molar-refractivity contribution in [2.75, 3.05) is 0 Å². The van der Waals surface area contributed by atoms with Crippen molar-refractivity contribution in [3.8, 4) is 0 Å². The molecule has 0 spiro atoms. The van der Waals surface area contributed by atoms with E-state index >= 15 is 0 Å². The van der Waals surface area contributed by atoms with Gasteiger partial charge in [-0.25, -0.2) is 0 Å². The van der Waals surface area contributed by atoms with Crippen molar-refractivity contribution in [2.45, 2.75) is 13.8 Å². The molecule has 0 saturated carbocycles. The van der Waals surface area contributed by atoms with Crippen LogP contribution in [-0.4, -0.2) is 5.24 Å². The van der Waals surface area contributed by atoms with Gasteiger partial charge in [-0.15, -0.1) is 0 Å². The number of carbonyl (C=O) groups excluding carboxylic acids is 1. The summed E-state index contributed by atoms with van der Waals surface area (Å²) in [7, 11) is 0. The van der Waals surface area contributed by atoms with Gasteiger partial charge in [0.25, 0.3) is 5.24 Å². The number of nitrogens with two attached hydrogens (primary N) is 1. The summed E-state index contributed by atoms with van der Waals surface area (Å²) in [5.41, 5.74) is 4.34. The molecule has 2 N–H and O–H groups in total. The molecule has 2 nitrogen and oxygen atoms in total. The maximum atomic E-state index is 9.09. The van der Waals surface area contributed by atoms with E-state index < -0.39 is 5.24 Å². The summed E-state index contributed by atoms with van der Waals surface area (Å²) < 4.78 is 0. The minimum atomic E-state index is -0.639. The van der Waals surface area contributed by atoms with Crippen LogP contribution in [0.5, 0.6) is 0 Å². The standard InChI is InChI=1S/2C2H5.CH3NOS.Zn/c2*1-2;2-1(3)4;/h2*1H2,2H3;(H3,2,3,4);/q2*-1;;+2. The average Bonchev–Trinajstić information content (AvgIpc) is 1.75. The minimum Gasteiger partial charge on any atom is -0.361 e. The van der Waals surface area contributed by atoms with Gasteiger partial charge in [0.05, 0.1) is 0 Å². The number of thiol groups is 1. The first-order valence-electron chi connectivity index (χ1n) is 2.13. The van der Waals surface area contributed by atoms with Gasteiger partial charge in [-0.1, -0.05) is 12.6 Å². The van der Waals surface area contributed by atoms with Gasteiger partial charge >= 0.3 is 19.5 Å². The first-order valence-corrected chi connectivity index (χ1v) is 2.58. The molecule has 0 atom stereocenters. The van der Waals surface area contributed by atoms with Crippen LogP contribution in [0, 0.1) is 13.8 Å². The summed E-state index contributed by atoms with van der Waals surface area (Å²) in [5, 5.41) is -0.639. The molecule has 0 aromatic rings. The third-order valence-corrected chi connectivity index (χ3v) is 0. The molecular weight excluding hydrogens is 188 g/mol. The summed E-state index contributed by atoms with van der Waals surface area (Å²) in [5.74, 6) is 0. The van der Waals surface area contributed by atoms with Crippen LogP contribution in [0.4, 0.5) is 4.79 Å². The Morgan fingerprint density at radius 1 is 1.33 bits per heavy atom. The fraction of sp³-hybridized carbons (Fsp3) is 0.400. The molecule has 52 valence electrons. The Morgan fingerprint density at radius 3 is 1.33 bits per heavy atom. The molecule has 9 heavy (non-hydrogen) atoms. The summed E-state index contributed by atoms with van der Waals surface area (Å²) in [6, 6.07) is 0. The smallest absolute Gasteiger partial charge is 0.361 e. The molecule has 1 amide bonds. The molecule has 0 aromatic carbocycles. The predicted molar refractivity (Wildman–Crippen MR) is 40.6 cm³/mol. The zero-order valence-electron chi connectivity index (χ0n) is 6.05. The first-order chi connectivity index (χ1) is 3.73. The molecule has 0 heterocycles. The van der Waals surface area contributed by atoms with E-state index in [9.17, 15) is 0 Å². The van der Waals surface area contributed by atoms with E-state index in [1.165, 1.54) is 0 Å². The van der Waals surface area contributed by atoms with Gasteiger partial charge in [0.1, 0.15) is 0 Å². The zero-order chi connectivity index (χ0) is 7.58. The summed E-state index contributed by atoms with van der Waals surface area (Å²) in [6.07, 6.45) is 0. The van der Waals surface area contributed by atoms with Crippen molar-refractivity contribution in [1.82, 2.24) is 0 Å². The Hall–Kier alpha value is 0.443. The van der Waals surface area contributed by atoms with E-state index in [-0.39, 0.29) is 19.5 Å². The number of primary amides is 1. The molecule has 4 heteroatoms. The summed E-state index contributed by atoms with van der Waals surface area (Å²) >= 11 is 3.10. The molecule has 0 saturated heterocycles. The molecule has 0 aromatic heterocycles. The fourth-order valence-electron chi connectivity index (χ4n) is 0. The van der Waals surface area contributed by atoms with Gasteiger partial charge in [-0.3, -0.25) is 4.79 Å². The third-order valence-electron chi connectivity index (χ3n) is 0. The van der Waals surface area contributed by atoms with Crippen LogP contribution in [0.15, 0.2) is 0 Å². The second-order valence-corrected chi connectivity index (χ2v) is 0.779. The molecule has 0 bridgehead atoms. The SMILES string of the molecule is NC(=O)S.[CH2-]C.[CH2-]C.[Zn+2]. The minimum absolute atomic E-state index is 0. The fourth-order valence-corrected chi connectivity index (χ4v) is 0. The molecular formula is C5H13NOSZn. The molecule has 0 radical (unpaired) electrons. The first kappa shape index (κ1) is 22.7. The van der Waals surface area contributed by atoms with E-state index in [1.54, 1.807) is 13.8 Å². The maximum absolute atomic E-state index is 9.09. The van der Waals surface area contributed by atoms with Gasteiger partial charge in [0.2, 0.25) is 0 Å². The van der Waals surface area contributed by atoms with Gasteiger partial charge in [0, 0.05) is 0 Å². The number of rotatable bonds is 0. The molecule has 0 fully saturated rings. The number of carbonyl (C=O) groups is 1. The summed E-state index contributed by atoms with van der Waals surface area (Å²) in [4.78, 5) is 9.09. The Morgan fingerprint density at radius 2 is 1.33 bits per heavy atom. The predicted octanol–water partition coefficient (Wildman–Crippen LogP) is 1.67. The normalized spacial score (nSPS) is 4.11. The number of amides is 1. The maximum Gasteiger partial charge on any atom is 2.00 e. The van der Waals surface area contributed by atoms with Gasteiger partial charge < -0.3 is 19.6 Å². The summed E-state index contributed by atoms with van der Waals surface area (Å²) in [6.45, 7) is 10.0. The number of hydrogen-bond acceptors (Lipinski definition) is 1. The Bertz CT molecular complexity index is 39.9. The van der Waals surface area contributed by atoms with Crippen molar-refractivity contribution in [1.29, 1.82) is 0 Å². The van der Waals surface area contributed by atoms with Crippen molar-refractivity contribution in [3.63, 3.8) is 0 Å². The van der Waals surface area contributed by atoms with E-state index in [0.717, 1.165) is 0 Å².